The Morgan fingerprint density at radius 3 is 2.68 bits per heavy atom. The first kappa shape index (κ1) is 21.1. The van der Waals surface area contributed by atoms with Crippen LogP contribution in [0.5, 0.6) is 0 Å². The Hall–Kier alpha value is -1.66. The third kappa shape index (κ3) is 5.23. The lowest BCUT2D eigenvalue weighted by Gasteiger charge is -2.41. The van der Waals surface area contributed by atoms with E-state index in [1.807, 2.05) is 33.0 Å². The summed E-state index contributed by atoms with van der Waals surface area (Å²) in [5.74, 6) is 0.395. The summed E-state index contributed by atoms with van der Waals surface area (Å²) >= 11 is 0. The maximum absolute atomic E-state index is 12.6. The van der Waals surface area contributed by atoms with E-state index in [4.69, 9.17) is 9.47 Å². The van der Waals surface area contributed by atoms with Crippen molar-refractivity contribution in [3.8, 4) is 0 Å². The number of pyridine rings is 1. The highest BCUT2D eigenvalue weighted by Gasteiger charge is 2.33. The van der Waals surface area contributed by atoms with Crippen LogP contribution in [0.1, 0.15) is 68.3 Å². The highest BCUT2D eigenvalue weighted by atomic mass is 16.5. The maximum atomic E-state index is 12.6. The largest absolute Gasteiger partial charge is 0.459 e. The van der Waals surface area contributed by atoms with Gasteiger partial charge in [-0.15, -0.1) is 0 Å². The Kier molecular flexibility index (Phi) is 7.30. The molecule has 2 heterocycles. The zero-order valence-corrected chi connectivity index (χ0v) is 17.7. The fourth-order valence-corrected chi connectivity index (χ4v) is 4.35. The molecule has 1 saturated carbocycles. The molecule has 1 saturated heterocycles. The van der Waals surface area contributed by atoms with Gasteiger partial charge in [0.15, 0.2) is 0 Å². The maximum Gasteiger partial charge on any atom is 0.342 e. The summed E-state index contributed by atoms with van der Waals surface area (Å²) in [6.07, 6.45) is 9.25. The van der Waals surface area contributed by atoms with Gasteiger partial charge in [0, 0.05) is 38.5 Å². The molecule has 28 heavy (non-hydrogen) atoms. The standard InChI is InChI=1S/C22H35N3O3/c1-15(2)28-22(26)18-12-16(3)13-23-21(18)25-11-10-19(20(14-25)27-4)24-17-8-6-5-7-9-17/h12-13,15,17,19-20,24H,5-11,14H2,1-4H3. The average Bonchev–Trinajstić information content (AvgIpc) is 2.68. The predicted octanol–water partition coefficient (Wildman–Crippen LogP) is 3.47. The highest BCUT2D eigenvalue weighted by molar-refractivity contribution is 5.95. The van der Waals surface area contributed by atoms with Crippen molar-refractivity contribution in [2.24, 2.45) is 0 Å². The fourth-order valence-electron chi connectivity index (χ4n) is 4.35. The molecule has 6 nitrogen and oxygen atoms in total. The van der Waals surface area contributed by atoms with Crippen LogP contribution in [0, 0.1) is 6.92 Å². The molecule has 1 aliphatic heterocycles. The molecule has 0 radical (unpaired) electrons. The summed E-state index contributed by atoms with van der Waals surface area (Å²) in [5.41, 5.74) is 1.50. The number of nitrogens with one attached hydrogen (secondary N) is 1. The summed E-state index contributed by atoms with van der Waals surface area (Å²) in [6.45, 7) is 7.25. The molecule has 1 aliphatic carbocycles. The second-order valence-corrected chi connectivity index (χ2v) is 8.45. The molecule has 6 heteroatoms. The zero-order chi connectivity index (χ0) is 20.1. The zero-order valence-electron chi connectivity index (χ0n) is 17.7. The minimum Gasteiger partial charge on any atom is -0.459 e. The SMILES string of the molecule is COC1CN(c2ncc(C)cc2C(=O)OC(C)C)CCC1NC1CCCCC1. The van der Waals surface area contributed by atoms with Gasteiger partial charge >= 0.3 is 5.97 Å². The van der Waals surface area contributed by atoms with Crippen molar-refractivity contribution in [2.45, 2.75) is 83.6 Å². The second kappa shape index (κ2) is 9.70. The molecule has 2 aliphatic rings. The number of carbonyl (C=O) groups is 1. The van der Waals surface area contributed by atoms with E-state index in [9.17, 15) is 4.79 Å². The second-order valence-electron chi connectivity index (χ2n) is 8.45. The Bertz CT molecular complexity index is 658. The number of hydrogen-bond acceptors (Lipinski definition) is 6. The monoisotopic (exact) mass is 389 g/mol. The third-order valence-electron chi connectivity index (χ3n) is 5.78. The summed E-state index contributed by atoms with van der Waals surface area (Å²) in [7, 11) is 1.78. The summed E-state index contributed by atoms with van der Waals surface area (Å²) < 4.78 is 11.3. The number of aryl methyl sites for hydroxylation is 1. The van der Waals surface area contributed by atoms with Crippen molar-refractivity contribution in [3.05, 3.63) is 23.4 Å². The lowest BCUT2D eigenvalue weighted by Crippen LogP contribution is -2.56. The number of methoxy groups -OCH3 is 1. The van der Waals surface area contributed by atoms with Crippen LogP contribution < -0.4 is 10.2 Å². The van der Waals surface area contributed by atoms with Crippen molar-refractivity contribution in [3.63, 3.8) is 0 Å². The summed E-state index contributed by atoms with van der Waals surface area (Å²) in [4.78, 5) is 19.4. The molecule has 156 valence electrons. The summed E-state index contributed by atoms with van der Waals surface area (Å²) in [6, 6.07) is 2.83. The lowest BCUT2D eigenvalue weighted by atomic mass is 9.92. The first-order chi connectivity index (χ1) is 13.5. The normalized spacial score (nSPS) is 23.8. The van der Waals surface area contributed by atoms with Gasteiger partial charge in [-0.1, -0.05) is 19.3 Å². The average molecular weight is 390 g/mol. The first-order valence-corrected chi connectivity index (χ1v) is 10.7. The Balaban J connectivity index is 1.72. The molecule has 2 unspecified atom stereocenters. The van der Waals surface area contributed by atoms with Crippen molar-refractivity contribution in [1.82, 2.24) is 10.3 Å². The third-order valence-corrected chi connectivity index (χ3v) is 5.78. The lowest BCUT2D eigenvalue weighted by molar-refractivity contribution is 0.0375. The van der Waals surface area contributed by atoms with Crippen molar-refractivity contribution in [2.75, 3.05) is 25.1 Å². The minimum absolute atomic E-state index is 0.0766. The van der Waals surface area contributed by atoms with E-state index in [0.717, 1.165) is 25.1 Å². The molecule has 0 amide bonds. The van der Waals surface area contributed by atoms with Crippen molar-refractivity contribution < 1.29 is 14.3 Å². The molecular formula is C22H35N3O3. The van der Waals surface area contributed by atoms with Crippen LogP contribution in [-0.2, 0) is 9.47 Å². The Labute approximate surface area is 169 Å². The molecule has 0 aromatic carbocycles. The molecule has 1 aromatic rings. The van der Waals surface area contributed by atoms with Crippen LogP contribution in [-0.4, -0.2) is 55.4 Å². The van der Waals surface area contributed by atoms with Crippen molar-refractivity contribution >= 4 is 11.8 Å². The fraction of sp³-hybridized carbons (Fsp3) is 0.727. The summed E-state index contributed by atoms with van der Waals surface area (Å²) in [5, 5.41) is 3.84. The molecule has 0 spiro atoms. The quantitative estimate of drug-likeness (QED) is 0.752. The first-order valence-electron chi connectivity index (χ1n) is 10.7. The number of ether oxygens (including phenoxy) is 2. The highest BCUT2D eigenvalue weighted by Crippen LogP contribution is 2.26. The van der Waals surface area contributed by atoms with Crippen LogP contribution in [0.4, 0.5) is 5.82 Å². The number of piperidine rings is 1. The number of aromatic nitrogens is 1. The Morgan fingerprint density at radius 2 is 2.00 bits per heavy atom. The number of nitrogens with zero attached hydrogens (tertiary/aromatic N) is 2. The number of hydrogen-bond donors (Lipinski definition) is 1. The number of anilines is 1. The minimum atomic E-state index is -0.308. The number of rotatable bonds is 6. The van der Waals surface area contributed by atoms with Crippen LogP contribution >= 0.6 is 0 Å². The van der Waals surface area contributed by atoms with Gasteiger partial charge in [-0.2, -0.15) is 0 Å². The van der Waals surface area contributed by atoms with Gasteiger partial charge in [0.05, 0.1) is 12.2 Å². The van der Waals surface area contributed by atoms with Gasteiger partial charge in [0.1, 0.15) is 11.4 Å². The Morgan fingerprint density at radius 1 is 1.25 bits per heavy atom. The van der Waals surface area contributed by atoms with E-state index in [-0.39, 0.29) is 18.2 Å². The molecule has 1 aromatic heterocycles. The van der Waals surface area contributed by atoms with Gasteiger partial charge in [0.25, 0.3) is 0 Å². The molecule has 0 bridgehead atoms. The topological polar surface area (TPSA) is 63.7 Å². The van der Waals surface area contributed by atoms with Gasteiger partial charge in [-0.3, -0.25) is 0 Å². The van der Waals surface area contributed by atoms with Gasteiger partial charge in [-0.05, 0) is 51.7 Å². The molecular weight excluding hydrogens is 354 g/mol. The van der Waals surface area contributed by atoms with Crippen LogP contribution in [0.15, 0.2) is 12.3 Å². The van der Waals surface area contributed by atoms with E-state index in [0.29, 0.717) is 23.5 Å². The van der Waals surface area contributed by atoms with Crippen LogP contribution in [0.3, 0.4) is 0 Å². The van der Waals surface area contributed by atoms with Crippen molar-refractivity contribution in [1.29, 1.82) is 0 Å². The molecule has 2 atom stereocenters. The van der Waals surface area contributed by atoms with E-state index in [2.05, 4.69) is 15.2 Å². The van der Waals surface area contributed by atoms with Gasteiger partial charge in [0.2, 0.25) is 0 Å². The predicted molar refractivity (Wildman–Crippen MR) is 111 cm³/mol. The molecule has 2 fully saturated rings. The van der Waals surface area contributed by atoms with E-state index >= 15 is 0 Å². The van der Waals surface area contributed by atoms with Gasteiger partial charge < -0.3 is 19.7 Å². The molecule has 1 N–H and O–H groups in total. The van der Waals surface area contributed by atoms with E-state index in [1.54, 1.807) is 7.11 Å². The number of carbonyl (C=O) groups excluding carboxylic acids is 1. The molecule has 3 rings (SSSR count). The van der Waals surface area contributed by atoms with E-state index in [1.165, 1.54) is 32.1 Å². The van der Waals surface area contributed by atoms with E-state index < -0.39 is 0 Å². The van der Waals surface area contributed by atoms with Crippen LogP contribution in [0.2, 0.25) is 0 Å². The smallest absolute Gasteiger partial charge is 0.342 e. The van der Waals surface area contributed by atoms with Gasteiger partial charge in [-0.25, -0.2) is 9.78 Å². The van der Waals surface area contributed by atoms with Crippen LogP contribution in [0.25, 0.3) is 0 Å². The number of esters is 1.